The van der Waals surface area contributed by atoms with E-state index in [9.17, 15) is 9.59 Å². The summed E-state index contributed by atoms with van der Waals surface area (Å²) >= 11 is 1.64. The fraction of sp³-hybridized carbons (Fsp3) is 0.471. The first-order chi connectivity index (χ1) is 11.6. The third-order valence-corrected chi connectivity index (χ3v) is 5.12. The molecule has 0 spiro atoms. The van der Waals surface area contributed by atoms with Crippen molar-refractivity contribution in [2.45, 2.75) is 32.4 Å². The van der Waals surface area contributed by atoms with E-state index in [1.165, 1.54) is 5.56 Å². The van der Waals surface area contributed by atoms with E-state index in [2.05, 4.69) is 40.9 Å². The third kappa shape index (κ3) is 4.08. The minimum absolute atomic E-state index is 0.0430. The van der Waals surface area contributed by atoms with E-state index in [-0.39, 0.29) is 11.8 Å². The van der Waals surface area contributed by atoms with Gasteiger partial charge in [0.1, 0.15) is 6.04 Å². The van der Waals surface area contributed by atoms with Gasteiger partial charge in [-0.1, -0.05) is 12.1 Å². The van der Waals surface area contributed by atoms with Crippen LogP contribution in [0.3, 0.4) is 0 Å². The van der Waals surface area contributed by atoms with Crippen LogP contribution in [0.15, 0.2) is 24.4 Å². The highest BCUT2D eigenvalue weighted by atomic mass is 32.2. The van der Waals surface area contributed by atoms with Crippen molar-refractivity contribution in [1.82, 2.24) is 20.4 Å². The second-order valence-electron chi connectivity index (χ2n) is 6.02. The van der Waals surface area contributed by atoms with Gasteiger partial charge in [0.05, 0.1) is 11.7 Å². The van der Waals surface area contributed by atoms with Gasteiger partial charge in [-0.05, 0) is 25.0 Å². The van der Waals surface area contributed by atoms with E-state index in [4.69, 9.17) is 0 Å². The summed E-state index contributed by atoms with van der Waals surface area (Å²) < 4.78 is 1.97. The molecular formula is C17H22N4O2S. The summed E-state index contributed by atoms with van der Waals surface area (Å²) in [5.41, 5.74) is 2.33. The van der Waals surface area contributed by atoms with Crippen molar-refractivity contribution in [3.05, 3.63) is 30.0 Å². The molecule has 1 fully saturated rings. The highest BCUT2D eigenvalue weighted by Crippen LogP contribution is 2.15. The van der Waals surface area contributed by atoms with Crippen LogP contribution in [0.1, 0.15) is 18.4 Å². The smallest absolute Gasteiger partial charge is 0.243 e. The molecule has 2 aromatic rings. The zero-order chi connectivity index (χ0) is 16.9. The highest BCUT2D eigenvalue weighted by molar-refractivity contribution is 7.99. The van der Waals surface area contributed by atoms with E-state index in [0.717, 1.165) is 29.6 Å². The van der Waals surface area contributed by atoms with Crippen molar-refractivity contribution in [3.63, 3.8) is 0 Å². The first kappa shape index (κ1) is 16.8. The molecule has 2 heterocycles. The average molecular weight is 346 g/mol. The second kappa shape index (κ2) is 7.70. The molecule has 24 heavy (non-hydrogen) atoms. The van der Waals surface area contributed by atoms with Gasteiger partial charge >= 0.3 is 0 Å². The Morgan fingerprint density at radius 2 is 2.38 bits per heavy atom. The summed E-state index contributed by atoms with van der Waals surface area (Å²) in [5.74, 6) is 1.28. The van der Waals surface area contributed by atoms with Crippen molar-refractivity contribution >= 4 is 34.5 Å². The molecule has 128 valence electrons. The number of hydrogen-bond acceptors (Lipinski definition) is 4. The van der Waals surface area contributed by atoms with Gasteiger partial charge in [0, 0.05) is 36.4 Å². The van der Waals surface area contributed by atoms with E-state index in [1.54, 1.807) is 11.8 Å². The quantitative estimate of drug-likeness (QED) is 0.804. The van der Waals surface area contributed by atoms with Crippen molar-refractivity contribution in [1.29, 1.82) is 0 Å². The normalized spacial score (nSPS) is 18.2. The van der Waals surface area contributed by atoms with Crippen molar-refractivity contribution in [3.8, 4) is 0 Å². The number of aryl methyl sites for hydroxylation is 2. The van der Waals surface area contributed by atoms with Crippen LogP contribution < -0.4 is 10.6 Å². The number of benzene rings is 1. The van der Waals surface area contributed by atoms with Crippen LogP contribution in [0.2, 0.25) is 0 Å². The van der Waals surface area contributed by atoms with Gasteiger partial charge in [0.2, 0.25) is 11.8 Å². The Morgan fingerprint density at radius 1 is 1.50 bits per heavy atom. The van der Waals surface area contributed by atoms with Crippen molar-refractivity contribution < 1.29 is 9.59 Å². The lowest BCUT2D eigenvalue weighted by Gasteiger charge is -2.15. The fourth-order valence-corrected chi connectivity index (χ4v) is 3.70. The van der Waals surface area contributed by atoms with Gasteiger partial charge in [-0.2, -0.15) is 16.9 Å². The summed E-state index contributed by atoms with van der Waals surface area (Å²) in [4.78, 5) is 23.7. The molecule has 2 N–H and O–H groups in total. The molecule has 1 aliphatic heterocycles. The molecule has 0 aliphatic carbocycles. The molecule has 1 aliphatic rings. The Morgan fingerprint density at radius 3 is 3.25 bits per heavy atom. The maximum atomic E-state index is 12.2. The molecule has 0 bridgehead atoms. The van der Waals surface area contributed by atoms with Crippen LogP contribution in [0.5, 0.6) is 0 Å². The van der Waals surface area contributed by atoms with Crippen LogP contribution in [0.4, 0.5) is 0 Å². The van der Waals surface area contributed by atoms with Crippen LogP contribution in [0, 0.1) is 6.92 Å². The number of carbonyl (C=O) groups excluding carboxylic acids is 2. The number of carbonyl (C=O) groups is 2. The van der Waals surface area contributed by atoms with E-state index in [0.29, 0.717) is 18.7 Å². The summed E-state index contributed by atoms with van der Waals surface area (Å²) in [7, 11) is 0. The minimum Gasteiger partial charge on any atom is -0.354 e. The van der Waals surface area contributed by atoms with E-state index in [1.807, 2.05) is 10.9 Å². The summed E-state index contributed by atoms with van der Waals surface area (Å²) in [6.45, 7) is 3.39. The molecule has 2 amide bonds. The van der Waals surface area contributed by atoms with E-state index < -0.39 is 6.04 Å². The maximum absolute atomic E-state index is 12.2. The van der Waals surface area contributed by atoms with Crippen LogP contribution in [-0.4, -0.2) is 45.7 Å². The first-order valence-corrected chi connectivity index (χ1v) is 9.36. The van der Waals surface area contributed by atoms with Crippen molar-refractivity contribution in [2.75, 3.05) is 18.1 Å². The Hall–Kier alpha value is -2.02. The van der Waals surface area contributed by atoms with Gasteiger partial charge in [-0.3, -0.25) is 14.3 Å². The largest absolute Gasteiger partial charge is 0.354 e. The van der Waals surface area contributed by atoms with Gasteiger partial charge in [-0.25, -0.2) is 0 Å². The van der Waals surface area contributed by atoms with Gasteiger partial charge in [0.15, 0.2) is 0 Å². The monoisotopic (exact) mass is 346 g/mol. The Kier molecular flexibility index (Phi) is 5.40. The summed E-state index contributed by atoms with van der Waals surface area (Å²) in [5, 5.41) is 11.2. The standard InChI is InChI=1S/C17H22N4O2S/c1-12-3-4-13-10-19-21(15(13)9-12)7-2-6-18-17(23)14-11-24-8-5-16(22)20-14/h3-4,9-10,14H,2,5-8,11H2,1H3,(H,18,23)(H,20,22). The molecule has 1 aromatic heterocycles. The van der Waals surface area contributed by atoms with Crippen LogP contribution in [-0.2, 0) is 16.1 Å². The lowest BCUT2D eigenvalue weighted by molar-refractivity contribution is -0.128. The molecule has 1 atom stereocenters. The number of hydrogen-bond donors (Lipinski definition) is 2. The predicted octanol–water partition coefficient (Wildman–Crippen LogP) is 1.47. The zero-order valence-electron chi connectivity index (χ0n) is 13.7. The predicted molar refractivity (Wildman–Crippen MR) is 96.0 cm³/mol. The topological polar surface area (TPSA) is 76.0 Å². The number of aromatic nitrogens is 2. The molecule has 0 radical (unpaired) electrons. The lowest BCUT2D eigenvalue weighted by atomic mass is 10.2. The maximum Gasteiger partial charge on any atom is 0.243 e. The van der Waals surface area contributed by atoms with Gasteiger partial charge < -0.3 is 10.6 Å². The number of rotatable bonds is 5. The number of nitrogens with zero attached hydrogens (tertiary/aromatic N) is 2. The summed E-state index contributed by atoms with van der Waals surface area (Å²) in [6.07, 6.45) is 3.15. The molecule has 3 rings (SSSR count). The SMILES string of the molecule is Cc1ccc2cnn(CCCNC(=O)C3CSCCC(=O)N3)c2c1. The number of thioether (sulfide) groups is 1. The fourth-order valence-electron chi connectivity index (χ4n) is 2.74. The average Bonchev–Trinajstić information content (AvgIpc) is 2.82. The molecule has 7 heteroatoms. The van der Waals surface area contributed by atoms with Crippen LogP contribution >= 0.6 is 11.8 Å². The molecule has 1 saturated heterocycles. The number of fused-ring (bicyclic) bond motifs is 1. The number of nitrogens with one attached hydrogen (secondary N) is 2. The number of amides is 2. The molecule has 1 unspecified atom stereocenters. The lowest BCUT2D eigenvalue weighted by Crippen LogP contribution is -2.47. The minimum atomic E-state index is -0.418. The molecule has 1 aromatic carbocycles. The molecule has 0 saturated carbocycles. The molecule has 6 nitrogen and oxygen atoms in total. The van der Waals surface area contributed by atoms with Crippen molar-refractivity contribution in [2.24, 2.45) is 0 Å². The van der Waals surface area contributed by atoms with E-state index >= 15 is 0 Å². The first-order valence-electron chi connectivity index (χ1n) is 8.20. The third-order valence-electron chi connectivity index (χ3n) is 4.06. The second-order valence-corrected chi connectivity index (χ2v) is 7.17. The Bertz CT molecular complexity index is 743. The highest BCUT2D eigenvalue weighted by Gasteiger charge is 2.22. The van der Waals surface area contributed by atoms with Crippen LogP contribution in [0.25, 0.3) is 10.9 Å². The van der Waals surface area contributed by atoms with Gasteiger partial charge in [0.25, 0.3) is 0 Å². The Balaban J connectivity index is 1.48. The zero-order valence-corrected chi connectivity index (χ0v) is 14.6. The Labute approximate surface area is 145 Å². The van der Waals surface area contributed by atoms with Gasteiger partial charge in [-0.15, -0.1) is 0 Å². The summed E-state index contributed by atoms with van der Waals surface area (Å²) in [6, 6.07) is 5.85. The molecular weight excluding hydrogens is 324 g/mol.